The maximum atomic E-state index is 12.3. The van der Waals surface area contributed by atoms with E-state index in [2.05, 4.69) is 20.9 Å². The molecule has 0 fully saturated rings. The zero-order valence-electron chi connectivity index (χ0n) is 10.5. The third kappa shape index (κ3) is 3.55. The standard InChI is InChI=1S/C13H12BrClN2OS/c1-8-16-10(7-19-8)6-17(2)13(18)11-5-9(15)3-4-12(11)14/h3-5,7H,6H2,1-2H3. The molecule has 1 aromatic heterocycles. The molecule has 0 aliphatic carbocycles. The zero-order chi connectivity index (χ0) is 14.0. The van der Waals surface area contributed by atoms with E-state index in [9.17, 15) is 4.79 Å². The van der Waals surface area contributed by atoms with Gasteiger partial charge in [0.05, 0.1) is 22.8 Å². The normalized spacial score (nSPS) is 10.5. The highest BCUT2D eigenvalue weighted by Crippen LogP contribution is 2.23. The highest BCUT2D eigenvalue weighted by atomic mass is 79.9. The molecule has 6 heteroatoms. The van der Waals surface area contributed by atoms with Gasteiger partial charge in [-0.25, -0.2) is 4.98 Å². The van der Waals surface area contributed by atoms with Crippen molar-refractivity contribution in [3.05, 3.63) is 49.3 Å². The number of aromatic nitrogens is 1. The van der Waals surface area contributed by atoms with Crippen LogP contribution in [0.15, 0.2) is 28.1 Å². The average molecular weight is 360 g/mol. The fourth-order valence-corrected chi connectivity index (χ4v) is 2.85. The van der Waals surface area contributed by atoms with E-state index >= 15 is 0 Å². The number of aryl methyl sites for hydroxylation is 1. The summed E-state index contributed by atoms with van der Waals surface area (Å²) in [4.78, 5) is 18.3. The van der Waals surface area contributed by atoms with Crippen molar-refractivity contribution in [2.24, 2.45) is 0 Å². The lowest BCUT2D eigenvalue weighted by Gasteiger charge is -2.17. The molecule has 2 aromatic rings. The number of rotatable bonds is 3. The van der Waals surface area contributed by atoms with Crippen molar-refractivity contribution in [3.8, 4) is 0 Å². The molecule has 0 atom stereocenters. The Hall–Kier alpha value is -0.910. The first-order valence-electron chi connectivity index (χ1n) is 5.59. The van der Waals surface area contributed by atoms with Crippen LogP contribution in [0, 0.1) is 6.92 Å². The molecule has 2 rings (SSSR count). The Morgan fingerprint density at radius 1 is 1.53 bits per heavy atom. The number of carbonyl (C=O) groups excluding carboxylic acids is 1. The fourth-order valence-electron chi connectivity index (χ4n) is 1.66. The van der Waals surface area contributed by atoms with Crippen LogP contribution in [0.4, 0.5) is 0 Å². The van der Waals surface area contributed by atoms with Crippen molar-refractivity contribution in [3.63, 3.8) is 0 Å². The highest BCUT2D eigenvalue weighted by Gasteiger charge is 2.16. The van der Waals surface area contributed by atoms with E-state index in [1.54, 1.807) is 41.5 Å². The number of hydrogen-bond donors (Lipinski definition) is 0. The molecule has 0 saturated heterocycles. The van der Waals surface area contributed by atoms with Crippen molar-refractivity contribution >= 4 is 44.8 Å². The predicted molar refractivity (Wildman–Crippen MR) is 81.8 cm³/mol. The van der Waals surface area contributed by atoms with E-state index in [1.165, 1.54) is 0 Å². The largest absolute Gasteiger partial charge is 0.336 e. The summed E-state index contributed by atoms with van der Waals surface area (Å²) in [7, 11) is 1.75. The number of thiazole rings is 1. The van der Waals surface area contributed by atoms with Crippen LogP contribution >= 0.6 is 38.9 Å². The van der Waals surface area contributed by atoms with Gasteiger partial charge in [0.15, 0.2) is 0 Å². The first-order chi connectivity index (χ1) is 8.97. The van der Waals surface area contributed by atoms with Crippen molar-refractivity contribution in [1.82, 2.24) is 9.88 Å². The van der Waals surface area contributed by atoms with Crippen LogP contribution in [0.3, 0.4) is 0 Å². The van der Waals surface area contributed by atoms with Gasteiger partial charge in [-0.2, -0.15) is 0 Å². The lowest BCUT2D eigenvalue weighted by Crippen LogP contribution is -2.26. The molecule has 19 heavy (non-hydrogen) atoms. The second kappa shape index (κ2) is 6.03. The molecule has 1 aromatic carbocycles. The third-order valence-corrected chi connectivity index (χ3v) is 4.32. The van der Waals surface area contributed by atoms with E-state index in [1.807, 2.05) is 12.3 Å². The number of carbonyl (C=O) groups is 1. The monoisotopic (exact) mass is 358 g/mol. The molecule has 0 unspecified atom stereocenters. The van der Waals surface area contributed by atoms with Gasteiger partial charge in [0, 0.05) is 21.9 Å². The first kappa shape index (κ1) is 14.5. The van der Waals surface area contributed by atoms with E-state index in [4.69, 9.17) is 11.6 Å². The Labute approximate surface area is 129 Å². The van der Waals surface area contributed by atoms with Crippen molar-refractivity contribution < 1.29 is 4.79 Å². The molecule has 100 valence electrons. The lowest BCUT2D eigenvalue weighted by atomic mass is 10.2. The molecule has 3 nitrogen and oxygen atoms in total. The topological polar surface area (TPSA) is 33.2 Å². The van der Waals surface area contributed by atoms with Gasteiger partial charge in [-0.15, -0.1) is 11.3 Å². The Kier molecular flexibility index (Phi) is 4.60. The minimum atomic E-state index is -0.0833. The van der Waals surface area contributed by atoms with Gasteiger partial charge in [-0.1, -0.05) is 11.6 Å². The summed E-state index contributed by atoms with van der Waals surface area (Å²) >= 11 is 10.9. The Morgan fingerprint density at radius 3 is 2.89 bits per heavy atom. The average Bonchev–Trinajstić information content (AvgIpc) is 2.77. The van der Waals surface area contributed by atoms with Gasteiger partial charge < -0.3 is 4.90 Å². The molecule has 0 saturated carbocycles. The van der Waals surface area contributed by atoms with Gasteiger partial charge in [-0.05, 0) is 41.1 Å². The van der Waals surface area contributed by atoms with Gasteiger partial charge in [0.2, 0.25) is 0 Å². The zero-order valence-corrected chi connectivity index (χ0v) is 13.6. The summed E-state index contributed by atoms with van der Waals surface area (Å²) in [5.41, 5.74) is 1.46. The van der Waals surface area contributed by atoms with Crippen LogP contribution in [0.5, 0.6) is 0 Å². The summed E-state index contributed by atoms with van der Waals surface area (Å²) in [6.07, 6.45) is 0. The second-order valence-electron chi connectivity index (χ2n) is 4.14. The van der Waals surface area contributed by atoms with Crippen molar-refractivity contribution in [2.75, 3.05) is 7.05 Å². The minimum Gasteiger partial charge on any atom is -0.336 e. The molecular formula is C13H12BrClN2OS. The first-order valence-corrected chi connectivity index (χ1v) is 7.64. The van der Waals surface area contributed by atoms with E-state index < -0.39 is 0 Å². The number of halogens is 2. The molecule has 0 bridgehead atoms. The smallest absolute Gasteiger partial charge is 0.255 e. The number of amides is 1. The van der Waals surface area contributed by atoms with Crippen LogP contribution < -0.4 is 0 Å². The maximum Gasteiger partial charge on any atom is 0.255 e. The van der Waals surface area contributed by atoms with Gasteiger partial charge in [-0.3, -0.25) is 4.79 Å². The summed E-state index contributed by atoms with van der Waals surface area (Å²) in [6, 6.07) is 5.18. The van der Waals surface area contributed by atoms with Gasteiger partial charge in [0.1, 0.15) is 0 Å². The third-order valence-electron chi connectivity index (χ3n) is 2.57. The molecule has 0 spiro atoms. The van der Waals surface area contributed by atoms with Crippen LogP contribution in [0.25, 0.3) is 0 Å². The van der Waals surface area contributed by atoms with E-state index in [0.29, 0.717) is 17.1 Å². The molecule has 0 aliphatic heterocycles. The number of hydrogen-bond acceptors (Lipinski definition) is 3. The minimum absolute atomic E-state index is 0.0833. The molecule has 1 heterocycles. The summed E-state index contributed by atoms with van der Waals surface area (Å²) < 4.78 is 0.739. The van der Waals surface area contributed by atoms with Crippen molar-refractivity contribution in [1.29, 1.82) is 0 Å². The maximum absolute atomic E-state index is 12.3. The summed E-state index contributed by atoms with van der Waals surface area (Å²) in [5.74, 6) is -0.0833. The van der Waals surface area contributed by atoms with Crippen LogP contribution in [-0.2, 0) is 6.54 Å². The number of nitrogens with zero attached hydrogens (tertiary/aromatic N) is 2. The summed E-state index contributed by atoms with van der Waals surface area (Å²) in [5, 5.41) is 3.51. The van der Waals surface area contributed by atoms with E-state index in [0.717, 1.165) is 15.2 Å². The quantitative estimate of drug-likeness (QED) is 0.825. The predicted octanol–water partition coefficient (Wildman–Crippen LogP) is 4.14. The SMILES string of the molecule is Cc1nc(CN(C)C(=O)c2cc(Cl)ccc2Br)cs1. The van der Waals surface area contributed by atoms with Crippen molar-refractivity contribution in [2.45, 2.75) is 13.5 Å². The molecular weight excluding hydrogens is 348 g/mol. The number of benzene rings is 1. The second-order valence-corrected chi connectivity index (χ2v) is 6.50. The summed E-state index contributed by atoms with van der Waals surface area (Å²) in [6.45, 7) is 2.44. The fraction of sp³-hybridized carbons (Fsp3) is 0.231. The molecule has 0 radical (unpaired) electrons. The van der Waals surface area contributed by atoms with E-state index in [-0.39, 0.29) is 5.91 Å². The Morgan fingerprint density at radius 2 is 2.26 bits per heavy atom. The van der Waals surface area contributed by atoms with Crippen LogP contribution in [-0.4, -0.2) is 22.8 Å². The molecule has 1 amide bonds. The van der Waals surface area contributed by atoms with Gasteiger partial charge >= 0.3 is 0 Å². The molecule has 0 N–H and O–H groups in total. The Balaban J connectivity index is 2.16. The molecule has 0 aliphatic rings. The van der Waals surface area contributed by atoms with Crippen LogP contribution in [0.1, 0.15) is 21.1 Å². The Bertz CT molecular complexity index is 614. The lowest BCUT2D eigenvalue weighted by molar-refractivity contribution is 0.0782. The van der Waals surface area contributed by atoms with Gasteiger partial charge in [0.25, 0.3) is 5.91 Å². The van der Waals surface area contributed by atoms with Crippen LogP contribution in [0.2, 0.25) is 5.02 Å². The highest BCUT2D eigenvalue weighted by molar-refractivity contribution is 9.10.